The molecule has 0 aliphatic carbocycles. The van der Waals surface area contributed by atoms with Gasteiger partial charge in [-0.15, -0.1) is 11.3 Å². The molecule has 21 heavy (non-hydrogen) atoms. The number of hydrogen-bond acceptors (Lipinski definition) is 4. The van der Waals surface area contributed by atoms with Crippen LogP contribution in [0, 0.1) is 0 Å². The average molecular weight is 392 g/mol. The van der Waals surface area contributed by atoms with E-state index in [1.54, 1.807) is 11.3 Å². The fourth-order valence-electron chi connectivity index (χ4n) is 2.03. The molecule has 0 aliphatic rings. The number of halogens is 2. The van der Waals surface area contributed by atoms with E-state index in [4.69, 9.17) is 11.6 Å². The van der Waals surface area contributed by atoms with E-state index in [1.807, 2.05) is 23.1 Å². The summed E-state index contributed by atoms with van der Waals surface area (Å²) in [6, 6.07) is 2.05. The van der Waals surface area contributed by atoms with Crippen molar-refractivity contribution < 1.29 is 0 Å². The van der Waals surface area contributed by atoms with Gasteiger partial charge in [0.05, 0.1) is 18.4 Å². The predicted molar refractivity (Wildman–Crippen MR) is 94.4 cm³/mol. The molecule has 0 fully saturated rings. The lowest BCUT2D eigenvalue weighted by molar-refractivity contribution is 0.285. The molecular formula is C14H20BrClN4S. The molecule has 2 rings (SSSR count). The third-order valence-electron chi connectivity index (χ3n) is 3.34. The van der Waals surface area contributed by atoms with Crippen molar-refractivity contribution in [1.82, 2.24) is 14.7 Å². The van der Waals surface area contributed by atoms with Crippen LogP contribution in [0.3, 0.4) is 0 Å². The van der Waals surface area contributed by atoms with E-state index < -0.39 is 0 Å². The van der Waals surface area contributed by atoms with Gasteiger partial charge in [0.25, 0.3) is 0 Å². The minimum atomic E-state index is 0.762. The SMILES string of the molecule is CCN(CC)CCn1cc(NCc2cc(Br)c(Cl)s2)cn1. The average Bonchev–Trinajstić information content (AvgIpc) is 3.05. The van der Waals surface area contributed by atoms with Gasteiger partial charge in [-0.2, -0.15) is 5.10 Å². The van der Waals surface area contributed by atoms with E-state index in [9.17, 15) is 0 Å². The molecular weight excluding hydrogens is 372 g/mol. The first-order valence-corrected chi connectivity index (χ1v) is 9.03. The fourth-order valence-corrected chi connectivity index (χ4v) is 3.76. The highest BCUT2D eigenvalue weighted by Gasteiger charge is 2.05. The zero-order chi connectivity index (χ0) is 15.2. The van der Waals surface area contributed by atoms with Crippen LogP contribution in [0.4, 0.5) is 5.69 Å². The van der Waals surface area contributed by atoms with Crippen molar-refractivity contribution in [2.45, 2.75) is 26.9 Å². The van der Waals surface area contributed by atoms with E-state index >= 15 is 0 Å². The minimum Gasteiger partial charge on any atom is -0.378 e. The van der Waals surface area contributed by atoms with Crippen LogP contribution in [-0.4, -0.2) is 34.3 Å². The summed E-state index contributed by atoms with van der Waals surface area (Å²) < 4.78 is 3.74. The van der Waals surface area contributed by atoms with Crippen LogP contribution in [0.15, 0.2) is 22.9 Å². The molecule has 116 valence electrons. The Morgan fingerprint density at radius 1 is 1.43 bits per heavy atom. The van der Waals surface area contributed by atoms with Gasteiger partial charge in [0, 0.05) is 28.6 Å². The van der Waals surface area contributed by atoms with Crippen LogP contribution in [0.5, 0.6) is 0 Å². The molecule has 0 radical (unpaired) electrons. The number of hydrogen-bond donors (Lipinski definition) is 1. The Hall–Kier alpha value is -0.560. The first-order valence-electron chi connectivity index (χ1n) is 7.04. The van der Waals surface area contributed by atoms with E-state index in [2.05, 4.69) is 45.1 Å². The summed E-state index contributed by atoms with van der Waals surface area (Å²) in [6.45, 7) is 9.24. The molecule has 0 spiro atoms. The van der Waals surface area contributed by atoms with Crippen LogP contribution in [0.1, 0.15) is 18.7 Å². The van der Waals surface area contributed by atoms with Gasteiger partial charge in [0.2, 0.25) is 0 Å². The predicted octanol–water partition coefficient (Wildman–Crippen LogP) is 4.31. The molecule has 0 aromatic carbocycles. The normalized spacial score (nSPS) is 11.3. The summed E-state index contributed by atoms with van der Waals surface area (Å²) in [6.07, 6.45) is 3.92. The Kier molecular flexibility index (Phi) is 6.54. The maximum atomic E-state index is 6.04. The molecule has 0 saturated carbocycles. The van der Waals surface area contributed by atoms with Gasteiger partial charge >= 0.3 is 0 Å². The number of thiophene rings is 1. The standard InChI is InChI=1S/C14H20BrClN4S/c1-3-19(4-2)5-6-20-10-11(8-18-20)17-9-12-7-13(15)14(16)21-12/h7-8,10,17H,3-6,9H2,1-2H3. The molecule has 0 amide bonds. The van der Waals surface area contributed by atoms with Crippen molar-refractivity contribution in [2.24, 2.45) is 0 Å². The van der Waals surface area contributed by atoms with Crippen LogP contribution in [0.25, 0.3) is 0 Å². The van der Waals surface area contributed by atoms with Crippen LogP contribution in [-0.2, 0) is 13.1 Å². The van der Waals surface area contributed by atoms with Gasteiger partial charge in [-0.25, -0.2) is 0 Å². The van der Waals surface area contributed by atoms with Crippen molar-refractivity contribution in [3.05, 3.63) is 32.1 Å². The van der Waals surface area contributed by atoms with Gasteiger partial charge in [-0.3, -0.25) is 4.68 Å². The highest BCUT2D eigenvalue weighted by atomic mass is 79.9. The molecule has 2 aromatic heterocycles. The Labute approximate surface area is 143 Å². The zero-order valence-corrected chi connectivity index (χ0v) is 15.4. The van der Waals surface area contributed by atoms with Crippen LogP contribution < -0.4 is 5.32 Å². The zero-order valence-electron chi connectivity index (χ0n) is 12.3. The first kappa shape index (κ1) is 16.8. The maximum Gasteiger partial charge on any atom is 0.107 e. The maximum absolute atomic E-state index is 6.04. The second-order valence-electron chi connectivity index (χ2n) is 4.71. The van der Waals surface area contributed by atoms with Crippen LogP contribution in [0.2, 0.25) is 4.34 Å². The molecule has 0 saturated heterocycles. The Bertz CT molecular complexity index is 546. The summed E-state index contributed by atoms with van der Waals surface area (Å²) in [5, 5.41) is 7.76. The number of nitrogens with zero attached hydrogens (tertiary/aromatic N) is 3. The number of likely N-dealkylation sites (N-methyl/N-ethyl adjacent to an activating group) is 1. The first-order chi connectivity index (χ1) is 10.1. The molecule has 2 aromatic rings. The smallest absolute Gasteiger partial charge is 0.107 e. The fraction of sp³-hybridized carbons (Fsp3) is 0.500. The molecule has 2 heterocycles. The molecule has 0 unspecified atom stereocenters. The van der Waals surface area contributed by atoms with Gasteiger partial charge in [-0.1, -0.05) is 25.4 Å². The monoisotopic (exact) mass is 390 g/mol. The molecule has 7 heteroatoms. The quantitative estimate of drug-likeness (QED) is 0.727. The second-order valence-corrected chi connectivity index (χ2v) is 7.30. The lowest BCUT2D eigenvalue weighted by Crippen LogP contribution is -2.27. The van der Waals surface area contributed by atoms with Gasteiger partial charge in [0.1, 0.15) is 4.34 Å². The summed E-state index contributed by atoms with van der Waals surface area (Å²) in [5.41, 5.74) is 1.04. The summed E-state index contributed by atoms with van der Waals surface area (Å²) >= 11 is 11.0. The molecule has 0 aliphatic heterocycles. The summed E-state index contributed by atoms with van der Waals surface area (Å²) in [4.78, 5) is 3.59. The van der Waals surface area contributed by atoms with Crippen molar-refractivity contribution >= 4 is 44.6 Å². The molecule has 4 nitrogen and oxygen atoms in total. The van der Waals surface area contributed by atoms with E-state index in [0.717, 1.165) is 47.2 Å². The third kappa shape index (κ3) is 4.98. The summed E-state index contributed by atoms with van der Waals surface area (Å²) in [7, 11) is 0. The lowest BCUT2D eigenvalue weighted by Gasteiger charge is -2.17. The molecule has 1 N–H and O–H groups in total. The second kappa shape index (κ2) is 8.17. The van der Waals surface area contributed by atoms with Crippen molar-refractivity contribution in [1.29, 1.82) is 0 Å². The van der Waals surface area contributed by atoms with Crippen LogP contribution >= 0.6 is 38.9 Å². The van der Waals surface area contributed by atoms with E-state index in [0.29, 0.717) is 0 Å². The highest BCUT2D eigenvalue weighted by molar-refractivity contribution is 9.10. The van der Waals surface area contributed by atoms with Crippen molar-refractivity contribution in [3.63, 3.8) is 0 Å². The number of aromatic nitrogens is 2. The van der Waals surface area contributed by atoms with Crippen molar-refractivity contribution in [3.8, 4) is 0 Å². The lowest BCUT2D eigenvalue weighted by atomic mass is 10.4. The van der Waals surface area contributed by atoms with Gasteiger partial charge < -0.3 is 10.2 Å². The molecule has 0 bridgehead atoms. The number of anilines is 1. The van der Waals surface area contributed by atoms with Crippen molar-refractivity contribution in [2.75, 3.05) is 25.0 Å². The topological polar surface area (TPSA) is 33.1 Å². The Morgan fingerprint density at radius 2 is 2.19 bits per heavy atom. The van der Waals surface area contributed by atoms with Gasteiger partial charge in [0.15, 0.2) is 0 Å². The highest BCUT2D eigenvalue weighted by Crippen LogP contribution is 2.32. The van der Waals surface area contributed by atoms with E-state index in [1.165, 1.54) is 4.88 Å². The third-order valence-corrected chi connectivity index (χ3v) is 5.81. The minimum absolute atomic E-state index is 0.762. The number of nitrogens with one attached hydrogen (secondary N) is 1. The Balaban J connectivity index is 1.82. The van der Waals surface area contributed by atoms with E-state index in [-0.39, 0.29) is 0 Å². The molecule has 0 atom stereocenters. The number of rotatable bonds is 8. The summed E-state index contributed by atoms with van der Waals surface area (Å²) in [5.74, 6) is 0. The Morgan fingerprint density at radius 3 is 2.81 bits per heavy atom. The van der Waals surface area contributed by atoms with Gasteiger partial charge in [-0.05, 0) is 35.1 Å². The largest absolute Gasteiger partial charge is 0.378 e.